The van der Waals surface area contributed by atoms with Crippen molar-refractivity contribution < 1.29 is 14.3 Å². The Morgan fingerprint density at radius 1 is 1.00 bits per heavy atom. The number of carbonyl (C=O) groups excluding carboxylic acids is 1. The predicted molar refractivity (Wildman–Crippen MR) is 101 cm³/mol. The molecule has 26 heavy (non-hydrogen) atoms. The SMILES string of the molecule is O=C(c1ccc(Cl)cc1)c1cccc(OCc2cccc(C3CO3)c2)c1. The third-order valence-electron chi connectivity index (χ3n) is 4.26. The van der Waals surface area contributed by atoms with Crippen molar-refractivity contribution in [1.82, 2.24) is 0 Å². The molecule has 0 aliphatic carbocycles. The van der Waals surface area contributed by atoms with Gasteiger partial charge in [0.1, 0.15) is 18.5 Å². The van der Waals surface area contributed by atoms with Crippen LogP contribution in [-0.4, -0.2) is 12.4 Å². The Labute approximate surface area is 157 Å². The maximum Gasteiger partial charge on any atom is 0.193 e. The molecule has 3 aromatic carbocycles. The van der Waals surface area contributed by atoms with E-state index in [1.165, 1.54) is 5.56 Å². The Hall–Kier alpha value is -2.62. The van der Waals surface area contributed by atoms with Crippen molar-refractivity contribution in [3.8, 4) is 5.75 Å². The minimum atomic E-state index is -0.0556. The fourth-order valence-corrected chi connectivity index (χ4v) is 2.91. The summed E-state index contributed by atoms with van der Waals surface area (Å²) in [6.07, 6.45) is 0.232. The molecule has 1 atom stereocenters. The van der Waals surface area contributed by atoms with Gasteiger partial charge in [0.25, 0.3) is 0 Å². The van der Waals surface area contributed by atoms with Gasteiger partial charge in [0.2, 0.25) is 0 Å². The normalized spacial score (nSPS) is 15.5. The highest BCUT2D eigenvalue weighted by molar-refractivity contribution is 6.30. The molecular formula is C22H17ClO3. The van der Waals surface area contributed by atoms with Gasteiger partial charge in [-0.15, -0.1) is 0 Å². The Bertz CT molecular complexity index is 930. The van der Waals surface area contributed by atoms with E-state index in [0.717, 1.165) is 12.2 Å². The molecule has 3 aromatic rings. The summed E-state index contributed by atoms with van der Waals surface area (Å²) in [5.74, 6) is 0.609. The number of halogens is 1. The molecule has 0 N–H and O–H groups in total. The lowest BCUT2D eigenvalue weighted by molar-refractivity contribution is 0.103. The fraction of sp³-hybridized carbons (Fsp3) is 0.136. The zero-order valence-electron chi connectivity index (χ0n) is 14.0. The van der Waals surface area contributed by atoms with Gasteiger partial charge in [0.05, 0.1) is 6.61 Å². The van der Waals surface area contributed by atoms with E-state index in [1.807, 2.05) is 24.3 Å². The van der Waals surface area contributed by atoms with E-state index in [2.05, 4.69) is 12.1 Å². The van der Waals surface area contributed by atoms with E-state index in [0.29, 0.717) is 28.5 Å². The van der Waals surface area contributed by atoms with Gasteiger partial charge < -0.3 is 9.47 Å². The lowest BCUT2D eigenvalue weighted by Crippen LogP contribution is -2.02. The van der Waals surface area contributed by atoms with E-state index in [9.17, 15) is 4.79 Å². The Morgan fingerprint density at radius 3 is 2.54 bits per heavy atom. The summed E-state index contributed by atoms with van der Waals surface area (Å²) in [4.78, 5) is 12.6. The summed E-state index contributed by atoms with van der Waals surface area (Å²) in [7, 11) is 0. The van der Waals surface area contributed by atoms with Crippen molar-refractivity contribution in [2.45, 2.75) is 12.7 Å². The first-order valence-corrected chi connectivity index (χ1v) is 8.80. The molecule has 0 spiro atoms. The molecule has 1 aliphatic heterocycles. The van der Waals surface area contributed by atoms with E-state index in [1.54, 1.807) is 36.4 Å². The highest BCUT2D eigenvalue weighted by Gasteiger charge is 2.24. The first kappa shape index (κ1) is 16.8. The van der Waals surface area contributed by atoms with Gasteiger partial charge in [0, 0.05) is 16.1 Å². The van der Waals surface area contributed by atoms with Gasteiger partial charge in [-0.25, -0.2) is 0 Å². The molecule has 0 aromatic heterocycles. The molecule has 0 amide bonds. The fourth-order valence-electron chi connectivity index (χ4n) is 2.79. The van der Waals surface area contributed by atoms with Gasteiger partial charge in [-0.1, -0.05) is 41.9 Å². The first-order chi connectivity index (χ1) is 12.7. The van der Waals surface area contributed by atoms with Crippen LogP contribution in [0.3, 0.4) is 0 Å². The molecular weight excluding hydrogens is 348 g/mol. The third-order valence-corrected chi connectivity index (χ3v) is 4.52. The molecule has 4 heteroatoms. The van der Waals surface area contributed by atoms with Crippen molar-refractivity contribution in [1.29, 1.82) is 0 Å². The Balaban J connectivity index is 1.46. The first-order valence-electron chi connectivity index (χ1n) is 8.42. The molecule has 0 bridgehead atoms. The molecule has 1 saturated heterocycles. The monoisotopic (exact) mass is 364 g/mol. The minimum Gasteiger partial charge on any atom is -0.489 e. The highest BCUT2D eigenvalue weighted by Crippen LogP contribution is 2.30. The molecule has 1 heterocycles. The lowest BCUT2D eigenvalue weighted by Gasteiger charge is -2.09. The lowest BCUT2D eigenvalue weighted by atomic mass is 10.0. The zero-order chi connectivity index (χ0) is 17.9. The molecule has 4 rings (SSSR count). The number of ketones is 1. The van der Waals surface area contributed by atoms with Crippen LogP contribution in [0.25, 0.3) is 0 Å². The van der Waals surface area contributed by atoms with Crippen molar-refractivity contribution >= 4 is 17.4 Å². The smallest absolute Gasteiger partial charge is 0.193 e. The van der Waals surface area contributed by atoms with Gasteiger partial charge in [-0.05, 0) is 53.6 Å². The van der Waals surface area contributed by atoms with E-state index in [-0.39, 0.29) is 11.9 Å². The standard InChI is InChI=1S/C22H17ClO3/c23-19-9-7-16(8-10-19)22(24)18-5-2-6-20(12-18)25-13-15-3-1-4-17(11-15)21-14-26-21/h1-12,21H,13-14H2. The average Bonchev–Trinajstić information content (AvgIpc) is 3.52. The summed E-state index contributed by atoms with van der Waals surface area (Å²) in [5.41, 5.74) is 3.44. The quantitative estimate of drug-likeness (QED) is 0.444. The molecule has 0 saturated carbocycles. The second kappa shape index (κ2) is 7.32. The third kappa shape index (κ3) is 3.96. The van der Waals surface area contributed by atoms with Crippen LogP contribution in [-0.2, 0) is 11.3 Å². The number of rotatable bonds is 6. The van der Waals surface area contributed by atoms with Crippen LogP contribution in [0, 0.1) is 0 Å². The molecule has 0 radical (unpaired) electrons. The van der Waals surface area contributed by atoms with Crippen LogP contribution in [0.1, 0.15) is 33.2 Å². The summed E-state index contributed by atoms with van der Waals surface area (Å²) in [6, 6.07) is 22.3. The van der Waals surface area contributed by atoms with Crippen LogP contribution in [0.5, 0.6) is 5.75 Å². The van der Waals surface area contributed by atoms with Gasteiger partial charge >= 0.3 is 0 Å². The van der Waals surface area contributed by atoms with E-state index >= 15 is 0 Å². The molecule has 1 aliphatic rings. The van der Waals surface area contributed by atoms with Crippen LogP contribution >= 0.6 is 11.6 Å². The summed E-state index contributed by atoms with van der Waals surface area (Å²) >= 11 is 5.88. The Kier molecular flexibility index (Phi) is 4.74. The summed E-state index contributed by atoms with van der Waals surface area (Å²) in [6.45, 7) is 1.23. The largest absolute Gasteiger partial charge is 0.489 e. The topological polar surface area (TPSA) is 38.8 Å². The van der Waals surface area contributed by atoms with Crippen molar-refractivity contribution in [2.75, 3.05) is 6.61 Å². The summed E-state index contributed by atoms with van der Waals surface area (Å²) in [5, 5.41) is 0.609. The Morgan fingerprint density at radius 2 is 1.77 bits per heavy atom. The number of hydrogen-bond donors (Lipinski definition) is 0. The van der Waals surface area contributed by atoms with Gasteiger partial charge in [0.15, 0.2) is 5.78 Å². The van der Waals surface area contributed by atoms with Crippen molar-refractivity contribution in [2.24, 2.45) is 0 Å². The number of hydrogen-bond acceptors (Lipinski definition) is 3. The zero-order valence-corrected chi connectivity index (χ0v) is 14.8. The van der Waals surface area contributed by atoms with Gasteiger partial charge in [-0.3, -0.25) is 4.79 Å². The second-order valence-corrected chi connectivity index (χ2v) is 6.66. The molecule has 1 unspecified atom stereocenters. The molecule has 3 nitrogen and oxygen atoms in total. The number of carbonyl (C=O) groups is 1. The maximum absolute atomic E-state index is 12.6. The van der Waals surface area contributed by atoms with E-state index < -0.39 is 0 Å². The molecule has 130 valence electrons. The van der Waals surface area contributed by atoms with Crippen molar-refractivity contribution in [3.63, 3.8) is 0 Å². The number of epoxide rings is 1. The average molecular weight is 365 g/mol. The number of benzene rings is 3. The number of ether oxygens (including phenoxy) is 2. The minimum absolute atomic E-state index is 0.0556. The predicted octanol–water partition coefficient (Wildman–Crippen LogP) is 5.22. The van der Waals surface area contributed by atoms with Gasteiger partial charge in [-0.2, -0.15) is 0 Å². The maximum atomic E-state index is 12.6. The molecule has 1 fully saturated rings. The van der Waals surface area contributed by atoms with Crippen LogP contribution in [0.4, 0.5) is 0 Å². The van der Waals surface area contributed by atoms with E-state index in [4.69, 9.17) is 21.1 Å². The van der Waals surface area contributed by atoms with Crippen LogP contribution in [0.15, 0.2) is 72.8 Å². The highest BCUT2D eigenvalue weighted by atomic mass is 35.5. The summed E-state index contributed by atoms with van der Waals surface area (Å²) < 4.78 is 11.2. The van der Waals surface area contributed by atoms with Crippen LogP contribution in [0.2, 0.25) is 5.02 Å². The second-order valence-electron chi connectivity index (χ2n) is 6.22. The van der Waals surface area contributed by atoms with Crippen molar-refractivity contribution in [3.05, 3.63) is 100 Å². The van der Waals surface area contributed by atoms with Crippen LogP contribution < -0.4 is 4.74 Å².